The number of rotatable bonds is 6. The van der Waals surface area contributed by atoms with Crippen molar-refractivity contribution in [2.24, 2.45) is 0 Å². The maximum absolute atomic E-state index is 12.4. The van der Waals surface area contributed by atoms with Gasteiger partial charge in [-0.3, -0.25) is 9.78 Å². The van der Waals surface area contributed by atoms with E-state index in [9.17, 15) is 4.79 Å². The molecule has 166 valence electrons. The van der Waals surface area contributed by atoms with Gasteiger partial charge in [-0.2, -0.15) is 0 Å². The summed E-state index contributed by atoms with van der Waals surface area (Å²) < 4.78 is 7.48. The Labute approximate surface area is 194 Å². The normalized spacial score (nSPS) is 18.0. The monoisotopic (exact) mass is 448 g/mol. The number of esters is 1. The molecule has 4 rings (SSSR count). The van der Waals surface area contributed by atoms with E-state index in [1.54, 1.807) is 6.20 Å². The van der Waals surface area contributed by atoms with Crippen LogP contribution in [0.15, 0.2) is 54.7 Å². The molecule has 1 aliphatic heterocycles. The number of carbonyl (C=O) groups is 1. The molecule has 32 heavy (non-hydrogen) atoms. The SMILES string of the molecule is CCOC(=O)CN1C(=S)N[C@@H](c2ccccn2)[C@H]1c1cc(C)n(-c2cccc(C)c2)c1C. The Bertz CT molecular complexity index is 1140. The van der Waals surface area contributed by atoms with Crippen molar-refractivity contribution < 1.29 is 9.53 Å². The molecule has 7 heteroatoms. The summed E-state index contributed by atoms with van der Waals surface area (Å²) in [5, 5.41) is 3.93. The van der Waals surface area contributed by atoms with Crippen molar-refractivity contribution in [1.82, 2.24) is 19.8 Å². The van der Waals surface area contributed by atoms with Gasteiger partial charge >= 0.3 is 5.97 Å². The number of hydrogen-bond donors (Lipinski definition) is 1. The molecule has 0 bridgehead atoms. The molecular formula is C25H28N4O2S. The van der Waals surface area contributed by atoms with Gasteiger partial charge in [-0.15, -0.1) is 0 Å². The van der Waals surface area contributed by atoms with Crippen molar-refractivity contribution in [2.75, 3.05) is 13.2 Å². The number of hydrogen-bond acceptors (Lipinski definition) is 4. The lowest BCUT2D eigenvalue weighted by atomic mass is 9.97. The molecule has 0 unspecified atom stereocenters. The Morgan fingerprint density at radius 2 is 1.97 bits per heavy atom. The summed E-state index contributed by atoms with van der Waals surface area (Å²) in [6.45, 7) is 8.54. The molecule has 3 aromatic rings. The topological polar surface area (TPSA) is 59.4 Å². The maximum atomic E-state index is 12.4. The van der Waals surface area contributed by atoms with Crippen LogP contribution in [-0.2, 0) is 9.53 Å². The van der Waals surface area contributed by atoms with Crippen molar-refractivity contribution >= 4 is 23.3 Å². The quantitative estimate of drug-likeness (QED) is 0.447. The van der Waals surface area contributed by atoms with Gasteiger partial charge in [0.05, 0.1) is 24.4 Å². The van der Waals surface area contributed by atoms with Crippen LogP contribution in [0.2, 0.25) is 0 Å². The minimum Gasteiger partial charge on any atom is -0.465 e. The minimum atomic E-state index is -0.296. The average molecular weight is 449 g/mol. The third-order valence-corrected chi connectivity index (χ3v) is 6.20. The fraction of sp³-hybridized carbons (Fsp3) is 0.320. The summed E-state index contributed by atoms with van der Waals surface area (Å²) in [4.78, 5) is 18.9. The molecule has 0 amide bonds. The lowest BCUT2D eigenvalue weighted by Gasteiger charge is -2.27. The zero-order chi connectivity index (χ0) is 22.8. The predicted molar refractivity (Wildman–Crippen MR) is 129 cm³/mol. The van der Waals surface area contributed by atoms with Crippen molar-refractivity contribution in [3.63, 3.8) is 0 Å². The first kappa shape index (κ1) is 22.0. The van der Waals surface area contributed by atoms with Crippen LogP contribution in [0.1, 0.15) is 47.2 Å². The average Bonchev–Trinajstić information content (AvgIpc) is 3.24. The van der Waals surface area contributed by atoms with Gasteiger partial charge in [0, 0.05) is 23.3 Å². The lowest BCUT2D eigenvalue weighted by molar-refractivity contribution is -0.143. The van der Waals surface area contributed by atoms with Crippen LogP contribution in [0.25, 0.3) is 5.69 Å². The number of aryl methyl sites for hydroxylation is 2. The summed E-state index contributed by atoms with van der Waals surface area (Å²) in [7, 11) is 0. The van der Waals surface area contributed by atoms with Crippen LogP contribution in [0.4, 0.5) is 0 Å². The van der Waals surface area contributed by atoms with Crippen molar-refractivity contribution in [2.45, 2.75) is 39.8 Å². The molecule has 0 radical (unpaired) electrons. The van der Waals surface area contributed by atoms with E-state index in [1.165, 1.54) is 5.56 Å². The molecule has 0 aliphatic carbocycles. The first-order chi connectivity index (χ1) is 15.4. The Morgan fingerprint density at radius 3 is 2.66 bits per heavy atom. The van der Waals surface area contributed by atoms with Crippen molar-refractivity contribution in [3.05, 3.63) is 82.9 Å². The summed E-state index contributed by atoms with van der Waals surface area (Å²) in [5.74, 6) is -0.296. The van der Waals surface area contributed by atoms with Crippen LogP contribution in [0.3, 0.4) is 0 Å². The highest BCUT2D eigenvalue weighted by Crippen LogP contribution is 2.41. The molecule has 0 spiro atoms. The zero-order valence-corrected chi connectivity index (χ0v) is 19.6. The second-order valence-electron chi connectivity index (χ2n) is 8.06. The second kappa shape index (κ2) is 9.12. The second-order valence-corrected chi connectivity index (χ2v) is 8.45. The van der Waals surface area contributed by atoms with E-state index in [-0.39, 0.29) is 24.6 Å². The van der Waals surface area contributed by atoms with Gasteiger partial charge in [0.2, 0.25) is 0 Å². The highest BCUT2D eigenvalue weighted by molar-refractivity contribution is 7.80. The number of ether oxygens (including phenoxy) is 1. The van der Waals surface area contributed by atoms with Crippen molar-refractivity contribution in [1.29, 1.82) is 0 Å². The van der Waals surface area contributed by atoms with Crippen LogP contribution in [0.5, 0.6) is 0 Å². The zero-order valence-electron chi connectivity index (χ0n) is 18.8. The Hall–Kier alpha value is -3.19. The molecular weight excluding hydrogens is 420 g/mol. The summed E-state index contributed by atoms with van der Waals surface area (Å²) in [6.07, 6.45) is 1.78. The first-order valence-corrected chi connectivity index (χ1v) is 11.2. The van der Waals surface area contributed by atoms with Gasteiger partial charge < -0.3 is 19.5 Å². The first-order valence-electron chi connectivity index (χ1n) is 10.8. The van der Waals surface area contributed by atoms with E-state index in [4.69, 9.17) is 17.0 Å². The van der Waals surface area contributed by atoms with Crippen LogP contribution < -0.4 is 5.32 Å². The Morgan fingerprint density at radius 1 is 1.16 bits per heavy atom. The minimum absolute atomic E-state index is 0.0851. The number of nitrogens with zero attached hydrogens (tertiary/aromatic N) is 3. The number of pyridine rings is 1. The van der Waals surface area contributed by atoms with E-state index in [0.29, 0.717) is 11.7 Å². The summed E-state index contributed by atoms with van der Waals surface area (Å²) >= 11 is 5.66. The summed E-state index contributed by atoms with van der Waals surface area (Å²) in [5.41, 5.74) is 6.54. The van der Waals surface area contributed by atoms with Crippen molar-refractivity contribution in [3.8, 4) is 5.69 Å². The molecule has 1 N–H and O–H groups in total. The molecule has 6 nitrogen and oxygen atoms in total. The standard InChI is InChI=1S/C25H28N4O2S/c1-5-31-22(30)15-28-24(23(27-25(28)32)21-11-6-7-12-26-21)20-14-17(3)29(18(20)4)19-10-8-9-16(2)13-19/h6-14,23-24H,5,15H2,1-4H3,(H,27,32)/t23-,24+/m0/s1. The number of aromatic nitrogens is 2. The molecule has 1 aliphatic rings. The fourth-order valence-corrected chi connectivity index (χ4v) is 4.82. The lowest BCUT2D eigenvalue weighted by Crippen LogP contribution is -2.35. The largest absolute Gasteiger partial charge is 0.465 e. The van der Waals surface area contributed by atoms with E-state index in [0.717, 1.165) is 28.3 Å². The Kier molecular flexibility index (Phi) is 6.28. The van der Waals surface area contributed by atoms with E-state index in [1.807, 2.05) is 30.0 Å². The highest BCUT2D eigenvalue weighted by Gasteiger charge is 2.42. The molecule has 2 atom stereocenters. The van der Waals surface area contributed by atoms with Gasteiger partial charge in [-0.05, 0) is 81.4 Å². The molecule has 0 saturated carbocycles. The fourth-order valence-electron chi connectivity index (χ4n) is 4.51. The van der Waals surface area contributed by atoms with Gasteiger partial charge in [0.1, 0.15) is 6.54 Å². The van der Waals surface area contributed by atoms with Crippen LogP contribution >= 0.6 is 12.2 Å². The smallest absolute Gasteiger partial charge is 0.325 e. The van der Waals surface area contributed by atoms with E-state index in [2.05, 4.69) is 66.0 Å². The van der Waals surface area contributed by atoms with E-state index < -0.39 is 0 Å². The molecule has 1 fully saturated rings. The van der Waals surface area contributed by atoms with Gasteiger partial charge in [-0.25, -0.2) is 0 Å². The van der Waals surface area contributed by atoms with Crippen LogP contribution in [-0.4, -0.2) is 38.7 Å². The van der Waals surface area contributed by atoms with Crippen LogP contribution in [0, 0.1) is 20.8 Å². The third-order valence-electron chi connectivity index (χ3n) is 5.85. The number of thiocarbonyl (C=S) groups is 1. The summed E-state index contributed by atoms with van der Waals surface area (Å²) in [6, 6.07) is 16.1. The highest BCUT2D eigenvalue weighted by atomic mass is 32.1. The molecule has 2 aromatic heterocycles. The number of benzene rings is 1. The molecule has 3 heterocycles. The maximum Gasteiger partial charge on any atom is 0.325 e. The molecule has 1 aromatic carbocycles. The van der Waals surface area contributed by atoms with Gasteiger partial charge in [-0.1, -0.05) is 18.2 Å². The van der Waals surface area contributed by atoms with Gasteiger partial charge in [0.15, 0.2) is 5.11 Å². The number of nitrogens with one attached hydrogen (secondary N) is 1. The third kappa shape index (κ3) is 4.12. The predicted octanol–water partition coefficient (Wildman–Crippen LogP) is 4.33. The van der Waals surface area contributed by atoms with E-state index >= 15 is 0 Å². The number of carbonyl (C=O) groups excluding carboxylic acids is 1. The Balaban J connectivity index is 1.81. The van der Waals surface area contributed by atoms with Gasteiger partial charge in [0.25, 0.3) is 0 Å². The molecule has 1 saturated heterocycles.